The minimum Gasteiger partial charge on any atom is -0.406 e. The number of nitrogens with one attached hydrogen (secondary N) is 2. The maximum absolute atomic E-state index is 5.47. The highest BCUT2D eigenvalue weighted by molar-refractivity contribution is 5.62. The summed E-state index contributed by atoms with van der Waals surface area (Å²) in [5.41, 5.74) is 4.61. The van der Waals surface area contributed by atoms with E-state index in [4.69, 9.17) is 4.42 Å². The van der Waals surface area contributed by atoms with Crippen LogP contribution in [0, 0.1) is 20.8 Å². The van der Waals surface area contributed by atoms with Crippen LogP contribution >= 0.6 is 0 Å². The molecule has 0 atom stereocenters. The molecule has 0 radical (unpaired) electrons. The Morgan fingerprint density at radius 2 is 1.78 bits per heavy atom. The van der Waals surface area contributed by atoms with E-state index in [1.165, 1.54) is 16.7 Å². The molecule has 0 spiro atoms. The van der Waals surface area contributed by atoms with Crippen molar-refractivity contribution >= 4 is 11.7 Å². The molecule has 0 saturated carbocycles. The summed E-state index contributed by atoms with van der Waals surface area (Å²) >= 11 is 0. The molecule has 0 aliphatic heterocycles. The number of aryl methyl sites for hydroxylation is 3. The second-order valence-corrected chi connectivity index (χ2v) is 4.43. The fourth-order valence-corrected chi connectivity index (χ4v) is 2.01. The Balaban J connectivity index is 2.22. The summed E-state index contributed by atoms with van der Waals surface area (Å²) in [6, 6.07) is 4.68. The first-order valence-electron chi connectivity index (χ1n) is 5.92. The number of hydrogen-bond acceptors (Lipinski definition) is 5. The maximum Gasteiger partial charge on any atom is 0.320 e. The number of aromatic nitrogens is 2. The fraction of sp³-hybridized carbons (Fsp3) is 0.385. The molecule has 0 fully saturated rings. The maximum atomic E-state index is 5.47. The summed E-state index contributed by atoms with van der Waals surface area (Å²) in [5.74, 6) is 0.572. The Labute approximate surface area is 107 Å². The molecular formula is C13H18N4O. The van der Waals surface area contributed by atoms with Crippen molar-refractivity contribution in [1.82, 2.24) is 15.5 Å². The third kappa shape index (κ3) is 2.68. The van der Waals surface area contributed by atoms with Gasteiger partial charge >= 0.3 is 6.01 Å². The van der Waals surface area contributed by atoms with Gasteiger partial charge in [0.1, 0.15) is 0 Å². The first-order chi connectivity index (χ1) is 8.60. The number of anilines is 2. The molecule has 0 saturated heterocycles. The molecule has 1 heterocycles. The molecule has 0 amide bonds. The monoisotopic (exact) mass is 246 g/mol. The highest BCUT2D eigenvalue weighted by atomic mass is 16.4. The summed E-state index contributed by atoms with van der Waals surface area (Å²) in [7, 11) is 1.84. The van der Waals surface area contributed by atoms with E-state index in [0.717, 1.165) is 5.69 Å². The van der Waals surface area contributed by atoms with Gasteiger partial charge in [-0.25, -0.2) is 0 Å². The number of rotatable bonds is 4. The first-order valence-corrected chi connectivity index (χ1v) is 5.92. The van der Waals surface area contributed by atoms with Crippen molar-refractivity contribution in [3.8, 4) is 0 Å². The molecule has 0 aliphatic rings. The Morgan fingerprint density at radius 1 is 1.11 bits per heavy atom. The Bertz CT molecular complexity index is 525. The zero-order chi connectivity index (χ0) is 13.1. The highest BCUT2D eigenvalue weighted by Crippen LogP contribution is 2.25. The van der Waals surface area contributed by atoms with Gasteiger partial charge in [-0.3, -0.25) is 0 Å². The zero-order valence-electron chi connectivity index (χ0n) is 11.2. The van der Waals surface area contributed by atoms with Gasteiger partial charge in [0.15, 0.2) is 0 Å². The summed E-state index contributed by atoms with van der Waals surface area (Å²) in [6.45, 7) is 6.78. The van der Waals surface area contributed by atoms with E-state index in [0.29, 0.717) is 18.5 Å². The first kappa shape index (κ1) is 12.6. The zero-order valence-corrected chi connectivity index (χ0v) is 11.2. The topological polar surface area (TPSA) is 63.0 Å². The Hall–Kier alpha value is -1.88. The van der Waals surface area contributed by atoms with Gasteiger partial charge in [0, 0.05) is 5.69 Å². The highest BCUT2D eigenvalue weighted by Gasteiger charge is 2.09. The average Bonchev–Trinajstić information content (AvgIpc) is 2.72. The molecule has 2 aromatic rings. The van der Waals surface area contributed by atoms with E-state index in [1.807, 2.05) is 7.05 Å². The van der Waals surface area contributed by atoms with E-state index < -0.39 is 0 Å². The third-order valence-corrected chi connectivity index (χ3v) is 2.70. The standard InChI is InChI=1S/C13H18N4O/c1-8-5-9(2)12(10(3)6-8)15-13-17-16-11(18-13)7-14-4/h5-6,14H,7H2,1-4H3,(H,15,17). The molecule has 96 valence electrons. The predicted molar refractivity (Wildman–Crippen MR) is 71.0 cm³/mol. The molecule has 1 aromatic carbocycles. The molecule has 5 heteroatoms. The van der Waals surface area contributed by atoms with Gasteiger partial charge in [-0.2, -0.15) is 0 Å². The molecule has 2 rings (SSSR count). The normalized spacial score (nSPS) is 10.7. The van der Waals surface area contributed by atoms with E-state index >= 15 is 0 Å². The van der Waals surface area contributed by atoms with Crippen molar-refractivity contribution in [3.63, 3.8) is 0 Å². The third-order valence-electron chi connectivity index (χ3n) is 2.70. The molecular weight excluding hydrogens is 228 g/mol. The van der Waals surface area contributed by atoms with Crippen LogP contribution in [0.25, 0.3) is 0 Å². The van der Waals surface area contributed by atoms with Crippen LogP contribution < -0.4 is 10.6 Å². The lowest BCUT2D eigenvalue weighted by Crippen LogP contribution is -2.04. The molecule has 1 aromatic heterocycles. The van der Waals surface area contributed by atoms with E-state index in [9.17, 15) is 0 Å². The quantitative estimate of drug-likeness (QED) is 0.867. The smallest absolute Gasteiger partial charge is 0.320 e. The van der Waals surface area contributed by atoms with Gasteiger partial charge in [0.25, 0.3) is 0 Å². The summed E-state index contributed by atoms with van der Waals surface area (Å²) < 4.78 is 5.47. The Morgan fingerprint density at radius 3 is 2.39 bits per heavy atom. The van der Waals surface area contributed by atoms with Crippen LogP contribution in [0.4, 0.5) is 11.7 Å². The van der Waals surface area contributed by atoms with Crippen molar-refractivity contribution in [2.45, 2.75) is 27.3 Å². The van der Waals surface area contributed by atoms with E-state index in [1.54, 1.807) is 0 Å². The van der Waals surface area contributed by atoms with Gasteiger partial charge in [-0.1, -0.05) is 22.8 Å². The lowest BCUT2D eigenvalue weighted by atomic mass is 10.1. The summed E-state index contributed by atoms with van der Waals surface area (Å²) in [4.78, 5) is 0. The van der Waals surface area contributed by atoms with Crippen molar-refractivity contribution in [2.24, 2.45) is 0 Å². The molecule has 2 N–H and O–H groups in total. The second-order valence-electron chi connectivity index (χ2n) is 4.43. The number of nitrogens with zero attached hydrogens (tertiary/aromatic N) is 2. The van der Waals surface area contributed by atoms with Crippen molar-refractivity contribution in [1.29, 1.82) is 0 Å². The van der Waals surface area contributed by atoms with Gasteiger partial charge in [0.2, 0.25) is 5.89 Å². The summed E-state index contributed by atoms with van der Waals surface area (Å²) in [5, 5.41) is 14.1. The minimum absolute atomic E-state index is 0.426. The minimum atomic E-state index is 0.426. The lowest BCUT2D eigenvalue weighted by Gasteiger charge is -2.10. The average molecular weight is 246 g/mol. The molecule has 0 aliphatic carbocycles. The number of benzene rings is 1. The van der Waals surface area contributed by atoms with Crippen molar-refractivity contribution in [2.75, 3.05) is 12.4 Å². The van der Waals surface area contributed by atoms with Gasteiger partial charge in [0.05, 0.1) is 6.54 Å². The molecule has 0 bridgehead atoms. The van der Waals surface area contributed by atoms with E-state index in [2.05, 4.69) is 53.7 Å². The molecule has 0 unspecified atom stereocenters. The van der Waals surface area contributed by atoms with Crippen LogP contribution in [0.5, 0.6) is 0 Å². The molecule has 18 heavy (non-hydrogen) atoms. The SMILES string of the molecule is CNCc1nnc(Nc2c(C)cc(C)cc2C)o1. The van der Waals surface area contributed by atoms with Gasteiger partial charge in [-0.05, 0) is 38.9 Å². The van der Waals surface area contributed by atoms with Crippen LogP contribution in [0.3, 0.4) is 0 Å². The van der Waals surface area contributed by atoms with Crippen molar-refractivity contribution < 1.29 is 4.42 Å². The van der Waals surface area contributed by atoms with Gasteiger partial charge < -0.3 is 15.1 Å². The fourth-order valence-electron chi connectivity index (χ4n) is 2.01. The molecule has 5 nitrogen and oxygen atoms in total. The largest absolute Gasteiger partial charge is 0.406 e. The van der Waals surface area contributed by atoms with Crippen LogP contribution in [0.15, 0.2) is 16.5 Å². The summed E-state index contributed by atoms with van der Waals surface area (Å²) in [6.07, 6.45) is 0. The van der Waals surface area contributed by atoms with Crippen LogP contribution in [0.1, 0.15) is 22.6 Å². The van der Waals surface area contributed by atoms with Crippen LogP contribution in [-0.2, 0) is 6.54 Å². The predicted octanol–water partition coefficient (Wildman–Crippen LogP) is 2.46. The van der Waals surface area contributed by atoms with E-state index in [-0.39, 0.29) is 0 Å². The second kappa shape index (κ2) is 5.18. The Kier molecular flexibility index (Phi) is 3.62. The van der Waals surface area contributed by atoms with Crippen molar-refractivity contribution in [3.05, 3.63) is 34.7 Å². The lowest BCUT2D eigenvalue weighted by molar-refractivity contribution is 0.493. The van der Waals surface area contributed by atoms with Gasteiger partial charge in [-0.15, -0.1) is 5.10 Å². The number of hydrogen-bond donors (Lipinski definition) is 2. The van der Waals surface area contributed by atoms with Crippen LogP contribution in [0.2, 0.25) is 0 Å². The van der Waals surface area contributed by atoms with Crippen LogP contribution in [-0.4, -0.2) is 17.2 Å².